The number of piperidine rings is 1. The van der Waals surface area contributed by atoms with Gasteiger partial charge in [-0.05, 0) is 95.4 Å². The summed E-state index contributed by atoms with van der Waals surface area (Å²) in [7, 11) is 0. The van der Waals surface area contributed by atoms with Crippen molar-refractivity contribution in [3.63, 3.8) is 0 Å². The fourth-order valence-corrected chi connectivity index (χ4v) is 8.64. The predicted octanol–water partition coefficient (Wildman–Crippen LogP) is 8.20. The highest BCUT2D eigenvalue weighted by molar-refractivity contribution is 6.04. The average Bonchev–Trinajstić information content (AvgIpc) is 3.89. The zero-order valence-electron chi connectivity index (χ0n) is 33.0. The van der Waals surface area contributed by atoms with Crippen molar-refractivity contribution in [3.05, 3.63) is 53.1 Å². The van der Waals surface area contributed by atoms with Gasteiger partial charge in [-0.2, -0.15) is 18.7 Å². The Labute approximate surface area is 334 Å². The first kappa shape index (κ1) is 39.5. The van der Waals surface area contributed by atoms with Gasteiger partial charge >= 0.3 is 12.1 Å². The van der Waals surface area contributed by atoms with E-state index < -0.39 is 29.4 Å². The lowest BCUT2D eigenvalue weighted by Crippen LogP contribution is -2.57. The Morgan fingerprint density at radius 1 is 1.02 bits per heavy atom. The zero-order valence-corrected chi connectivity index (χ0v) is 33.0. The molecule has 8 rings (SSSR count). The number of hydrogen-bond acceptors (Lipinski definition) is 10. The van der Waals surface area contributed by atoms with E-state index in [9.17, 15) is 18.7 Å². The number of anilines is 1. The van der Waals surface area contributed by atoms with Crippen LogP contribution in [0.4, 0.5) is 28.2 Å². The fraction of sp³-hybridized carbons (Fsp3) is 0.488. The summed E-state index contributed by atoms with van der Waals surface area (Å²) < 4.78 is 77.3. The van der Waals surface area contributed by atoms with E-state index in [1.165, 1.54) is 24.3 Å². The van der Waals surface area contributed by atoms with Crippen LogP contribution in [0.1, 0.15) is 71.8 Å². The first-order valence-corrected chi connectivity index (χ1v) is 19.8. The van der Waals surface area contributed by atoms with E-state index >= 15 is 8.78 Å². The molecule has 4 fully saturated rings. The highest BCUT2D eigenvalue weighted by atomic mass is 19.3. The summed E-state index contributed by atoms with van der Waals surface area (Å²) >= 11 is 0. The van der Waals surface area contributed by atoms with Crippen molar-refractivity contribution in [2.75, 3.05) is 50.8 Å². The number of aromatic hydroxyl groups is 1. The van der Waals surface area contributed by atoms with Gasteiger partial charge in [0.2, 0.25) is 5.88 Å². The average molecular weight is 803 g/mol. The number of halogens is 4. The van der Waals surface area contributed by atoms with E-state index in [1.807, 2.05) is 25.7 Å². The summed E-state index contributed by atoms with van der Waals surface area (Å²) in [4.78, 5) is 33.5. The van der Waals surface area contributed by atoms with Gasteiger partial charge in [-0.3, -0.25) is 4.90 Å². The third-order valence-corrected chi connectivity index (χ3v) is 11.6. The van der Waals surface area contributed by atoms with E-state index in [1.54, 1.807) is 11.8 Å². The normalized spacial score (nSPS) is 20.4. The molecule has 4 aliphatic rings. The Bertz CT molecular complexity index is 2350. The maximum Gasteiger partial charge on any atom is 0.410 e. The number of carbonyl (C=O) groups excluding carboxylic acids is 1. The second-order valence-corrected chi connectivity index (χ2v) is 16.8. The Hall–Kier alpha value is -5.36. The van der Waals surface area contributed by atoms with Crippen molar-refractivity contribution < 1.29 is 41.7 Å². The van der Waals surface area contributed by atoms with Gasteiger partial charge in [0.05, 0.1) is 30.9 Å². The van der Waals surface area contributed by atoms with Crippen LogP contribution < -0.4 is 14.4 Å². The van der Waals surface area contributed by atoms with Crippen molar-refractivity contribution >= 4 is 33.6 Å². The van der Waals surface area contributed by atoms with Crippen molar-refractivity contribution in [2.24, 2.45) is 5.41 Å². The number of phenolic OH excluding ortho intramolecular Hbond substituents is 1. The van der Waals surface area contributed by atoms with Crippen molar-refractivity contribution in [2.45, 2.75) is 83.9 Å². The number of carbonyl (C=O) groups is 1. The first-order chi connectivity index (χ1) is 27.7. The summed E-state index contributed by atoms with van der Waals surface area (Å²) in [6, 6.07) is 4.80. The lowest BCUT2D eigenvalue weighted by Gasteiger charge is -2.42. The number of pyridine rings is 1. The lowest BCUT2D eigenvalue weighted by atomic mass is 9.95. The van der Waals surface area contributed by atoms with E-state index in [0.717, 1.165) is 25.7 Å². The van der Waals surface area contributed by atoms with Crippen LogP contribution in [0.2, 0.25) is 0 Å². The van der Waals surface area contributed by atoms with Crippen LogP contribution in [-0.2, 0) is 4.74 Å². The Morgan fingerprint density at radius 3 is 2.34 bits per heavy atom. The van der Waals surface area contributed by atoms with E-state index in [4.69, 9.17) is 25.6 Å². The monoisotopic (exact) mass is 802 g/mol. The van der Waals surface area contributed by atoms with Crippen molar-refractivity contribution in [1.82, 2.24) is 24.8 Å². The molecule has 306 valence electrons. The predicted molar refractivity (Wildman–Crippen MR) is 210 cm³/mol. The van der Waals surface area contributed by atoms with E-state index in [-0.39, 0.29) is 87.0 Å². The van der Waals surface area contributed by atoms with Crippen LogP contribution in [0.3, 0.4) is 0 Å². The number of fused-ring (bicyclic) bond motifs is 4. The summed E-state index contributed by atoms with van der Waals surface area (Å²) in [6.07, 6.45) is 7.60. The number of rotatable bonds is 9. The number of hydrogen-bond donors (Lipinski definition) is 1. The molecular weight excluding hydrogens is 757 g/mol. The van der Waals surface area contributed by atoms with Crippen molar-refractivity contribution in [3.8, 4) is 41.2 Å². The Kier molecular flexibility index (Phi) is 10.3. The van der Waals surface area contributed by atoms with Crippen LogP contribution in [0.25, 0.3) is 32.9 Å². The second kappa shape index (κ2) is 15.1. The highest BCUT2D eigenvalue weighted by Gasteiger charge is 2.47. The summed E-state index contributed by atoms with van der Waals surface area (Å²) in [5.41, 5.74) is -1.24. The SMILES string of the molecule is C#Cc1c(F)ccc2cc(O)cc(-c3nc(OCC)c4c(N5C[C@H]6CC[C@@H](C5)N6C(=O)OC(C)(C)C)nc(OCC5(CN6CCC(=C(F)F)CC6)CC5)nc4c3F)c12. The molecule has 1 amide bonds. The quantitative estimate of drug-likeness (QED) is 0.131. The molecule has 15 heteroatoms. The maximum atomic E-state index is 17.4. The van der Waals surface area contributed by atoms with E-state index in [2.05, 4.69) is 20.8 Å². The maximum absolute atomic E-state index is 17.4. The Balaban J connectivity index is 1.22. The third kappa shape index (κ3) is 7.54. The minimum Gasteiger partial charge on any atom is -0.508 e. The molecule has 11 nitrogen and oxygen atoms in total. The van der Waals surface area contributed by atoms with Gasteiger partial charge in [-0.15, -0.1) is 6.42 Å². The largest absolute Gasteiger partial charge is 0.508 e. The standard InChI is InChI=1S/C43H46F4N6O5/c1-6-29-31(44)11-8-25-18-28(54)19-30(32(25)29)35-34(45)36-33(39(48-35)56-7-2)38(52-20-26-9-10-27(21-52)53(26)41(55)58-42(3,4)5)50-40(49-36)57-23-43(14-15-43)22-51-16-12-24(13-17-51)37(46)47/h1,8,11,18-19,26-27,54H,7,9-10,12-17,20-23H2,2-5H3/t26-,27+. The lowest BCUT2D eigenvalue weighted by molar-refractivity contribution is 0.0122. The number of phenols is 1. The van der Waals surface area contributed by atoms with Crippen molar-refractivity contribution in [1.29, 1.82) is 0 Å². The summed E-state index contributed by atoms with van der Waals surface area (Å²) in [6.45, 7) is 10.0. The molecule has 2 aromatic heterocycles. The molecule has 3 saturated heterocycles. The number of nitrogens with zero attached hydrogens (tertiary/aromatic N) is 6. The van der Waals surface area contributed by atoms with E-state index in [0.29, 0.717) is 56.8 Å². The molecule has 0 spiro atoms. The van der Waals surface area contributed by atoms with Gasteiger partial charge in [0.1, 0.15) is 39.6 Å². The van der Waals surface area contributed by atoms with Gasteiger partial charge < -0.3 is 29.1 Å². The topological polar surface area (TPSA) is 113 Å². The van der Waals surface area contributed by atoms with Gasteiger partial charge in [0.15, 0.2) is 5.82 Å². The molecule has 58 heavy (non-hydrogen) atoms. The summed E-state index contributed by atoms with van der Waals surface area (Å²) in [5, 5.41) is 11.5. The third-order valence-electron chi connectivity index (χ3n) is 11.6. The molecule has 3 aliphatic heterocycles. The zero-order chi connectivity index (χ0) is 41.1. The van der Waals surface area contributed by atoms with Crippen LogP contribution in [0, 0.1) is 29.4 Å². The van der Waals surface area contributed by atoms with Gasteiger partial charge in [-0.1, -0.05) is 12.0 Å². The van der Waals surface area contributed by atoms with Crippen LogP contribution in [-0.4, -0.2) is 99.6 Å². The molecule has 2 bridgehead atoms. The smallest absolute Gasteiger partial charge is 0.410 e. The fourth-order valence-electron chi connectivity index (χ4n) is 8.64. The molecule has 0 unspecified atom stereocenters. The molecule has 1 N–H and O–H groups in total. The van der Waals surface area contributed by atoms with Crippen LogP contribution >= 0.6 is 0 Å². The molecule has 5 heterocycles. The number of amides is 1. The highest BCUT2D eigenvalue weighted by Crippen LogP contribution is 2.48. The first-order valence-electron chi connectivity index (χ1n) is 19.8. The van der Waals surface area contributed by atoms with Crippen LogP contribution in [0.5, 0.6) is 17.6 Å². The van der Waals surface area contributed by atoms with Gasteiger partial charge in [0, 0.05) is 49.1 Å². The Morgan fingerprint density at radius 2 is 1.72 bits per heavy atom. The molecule has 1 saturated carbocycles. The molecule has 2 aromatic carbocycles. The van der Waals surface area contributed by atoms with Gasteiger partial charge in [0.25, 0.3) is 6.08 Å². The number of likely N-dealkylation sites (tertiary alicyclic amines) is 1. The van der Waals surface area contributed by atoms with Crippen LogP contribution in [0.15, 0.2) is 35.9 Å². The number of terminal acetylenes is 1. The number of aromatic nitrogens is 3. The minimum absolute atomic E-state index is 0.00872. The molecule has 4 aromatic rings. The number of piperazine rings is 1. The molecule has 2 atom stereocenters. The molecule has 0 radical (unpaired) electrons. The summed E-state index contributed by atoms with van der Waals surface area (Å²) in [5.74, 6) is 0.891. The van der Waals surface area contributed by atoms with Gasteiger partial charge in [-0.25, -0.2) is 18.6 Å². The number of benzene rings is 2. The number of ether oxygens (including phenoxy) is 3. The molecular formula is C43H46F4N6O5. The minimum atomic E-state index is -1.59. The second-order valence-electron chi connectivity index (χ2n) is 16.8. The molecule has 1 aliphatic carbocycles.